The fourth-order valence-corrected chi connectivity index (χ4v) is 3.56. The molecule has 7 heteroatoms. The molecule has 1 atom stereocenters. The van der Waals surface area contributed by atoms with Crippen LogP contribution in [0.2, 0.25) is 0 Å². The summed E-state index contributed by atoms with van der Waals surface area (Å²) in [5.74, 6) is 1.40. The Morgan fingerprint density at radius 2 is 2.20 bits per heavy atom. The summed E-state index contributed by atoms with van der Waals surface area (Å²) in [6, 6.07) is 9.70. The maximum Gasteiger partial charge on any atom is 0.245 e. The van der Waals surface area contributed by atoms with Crippen molar-refractivity contribution in [2.45, 2.75) is 38.8 Å². The number of imidazole rings is 1. The first-order chi connectivity index (χ1) is 12.1. The van der Waals surface area contributed by atoms with Crippen LogP contribution in [0.4, 0.5) is 5.82 Å². The van der Waals surface area contributed by atoms with Crippen LogP contribution >= 0.6 is 0 Å². The summed E-state index contributed by atoms with van der Waals surface area (Å²) in [5.41, 5.74) is 8.68. The fraction of sp³-hybridized carbons (Fsp3) is 0.389. The Balaban J connectivity index is 1.60. The first kappa shape index (κ1) is 15.7. The van der Waals surface area contributed by atoms with E-state index in [-0.39, 0.29) is 18.5 Å². The van der Waals surface area contributed by atoms with Crippen LogP contribution in [0.15, 0.2) is 30.3 Å². The van der Waals surface area contributed by atoms with Gasteiger partial charge in [-0.05, 0) is 38.3 Å². The number of aryl methyl sites for hydroxylation is 1. The summed E-state index contributed by atoms with van der Waals surface area (Å²) in [6.07, 6.45) is 3.02. The molecule has 0 radical (unpaired) electrons. The monoisotopic (exact) mass is 338 g/mol. The standard InChI is InChI=1S/C18H22N6O/c1-12-10-16(19)24(22-12)11-17(25)23-9-5-4-8-15(23)18-20-13-6-2-3-7-14(13)21-18/h2-3,6-7,10,15H,4-5,8-9,11,19H2,1H3,(H,20,21)/t15-/m1/s1. The highest BCUT2D eigenvalue weighted by molar-refractivity contribution is 5.78. The van der Waals surface area contributed by atoms with Crippen LogP contribution in [0.5, 0.6) is 0 Å². The molecular formula is C18H22N6O. The SMILES string of the molecule is Cc1cc(N)n(CC(=O)N2CCCC[C@@H]2c2nc3ccccc3[nH]2)n1. The maximum absolute atomic E-state index is 12.9. The number of hydrogen-bond donors (Lipinski definition) is 2. The number of carbonyl (C=O) groups is 1. The van der Waals surface area contributed by atoms with Crippen LogP contribution in [-0.4, -0.2) is 37.1 Å². The fourth-order valence-electron chi connectivity index (χ4n) is 3.56. The number of anilines is 1. The average molecular weight is 338 g/mol. The number of aromatic nitrogens is 4. The van der Waals surface area contributed by atoms with Gasteiger partial charge in [0.25, 0.3) is 0 Å². The van der Waals surface area contributed by atoms with E-state index < -0.39 is 0 Å². The number of para-hydroxylation sites is 2. The van der Waals surface area contributed by atoms with Crippen molar-refractivity contribution in [2.75, 3.05) is 12.3 Å². The normalized spacial score (nSPS) is 18.0. The lowest BCUT2D eigenvalue weighted by molar-refractivity contribution is -0.136. The number of benzene rings is 1. The first-order valence-electron chi connectivity index (χ1n) is 8.66. The number of nitrogens with zero attached hydrogens (tertiary/aromatic N) is 4. The number of piperidine rings is 1. The molecule has 0 spiro atoms. The van der Waals surface area contributed by atoms with Gasteiger partial charge in [0.05, 0.1) is 22.8 Å². The van der Waals surface area contributed by atoms with Crippen molar-refractivity contribution < 1.29 is 4.79 Å². The predicted octanol–water partition coefficient (Wildman–Crippen LogP) is 2.40. The second kappa shape index (κ2) is 6.23. The molecule has 1 aliphatic heterocycles. The van der Waals surface area contributed by atoms with Gasteiger partial charge in [0, 0.05) is 12.6 Å². The molecule has 0 aliphatic carbocycles. The smallest absolute Gasteiger partial charge is 0.245 e. The van der Waals surface area contributed by atoms with Gasteiger partial charge >= 0.3 is 0 Å². The van der Waals surface area contributed by atoms with Gasteiger partial charge in [-0.1, -0.05) is 12.1 Å². The van der Waals surface area contributed by atoms with Crippen molar-refractivity contribution in [1.29, 1.82) is 0 Å². The summed E-state index contributed by atoms with van der Waals surface area (Å²) in [4.78, 5) is 22.9. The van der Waals surface area contributed by atoms with E-state index in [1.807, 2.05) is 36.1 Å². The molecule has 7 nitrogen and oxygen atoms in total. The van der Waals surface area contributed by atoms with Gasteiger partial charge in [-0.15, -0.1) is 0 Å². The molecular weight excluding hydrogens is 316 g/mol. The molecule has 0 saturated carbocycles. The first-order valence-corrected chi connectivity index (χ1v) is 8.66. The molecule has 0 unspecified atom stereocenters. The Bertz CT molecular complexity index is 878. The van der Waals surface area contributed by atoms with Crippen LogP contribution in [0.3, 0.4) is 0 Å². The Hall–Kier alpha value is -2.83. The highest BCUT2D eigenvalue weighted by Crippen LogP contribution is 2.30. The van der Waals surface area contributed by atoms with Crippen LogP contribution in [-0.2, 0) is 11.3 Å². The lowest BCUT2D eigenvalue weighted by Crippen LogP contribution is -2.41. The minimum atomic E-state index is -0.0217. The number of aromatic amines is 1. The van der Waals surface area contributed by atoms with Gasteiger partial charge in [0.2, 0.25) is 5.91 Å². The van der Waals surface area contributed by atoms with E-state index >= 15 is 0 Å². The number of nitrogens with two attached hydrogens (primary N) is 1. The Morgan fingerprint density at radius 1 is 1.36 bits per heavy atom. The number of likely N-dealkylation sites (tertiary alicyclic amines) is 1. The van der Waals surface area contributed by atoms with E-state index in [1.54, 1.807) is 10.7 Å². The molecule has 1 amide bonds. The summed E-state index contributed by atoms with van der Waals surface area (Å²) in [7, 11) is 0. The van der Waals surface area contributed by atoms with Gasteiger partial charge in [0.1, 0.15) is 18.2 Å². The van der Waals surface area contributed by atoms with E-state index in [9.17, 15) is 4.79 Å². The Labute approximate surface area is 145 Å². The zero-order valence-corrected chi connectivity index (χ0v) is 14.3. The van der Waals surface area contributed by atoms with Gasteiger partial charge in [-0.2, -0.15) is 5.10 Å². The third-order valence-corrected chi connectivity index (χ3v) is 4.76. The molecule has 0 bridgehead atoms. The number of hydrogen-bond acceptors (Lipinski definition) is 4. The molecule has 3 heterocycles. The topological polar surface area (TPSA) is 92.8 Å². The number of carbonyl (C=O) groups excluding carboxylic acids is 1. The van der Waals surface area contributed by atoms with E-state index in [2.05, 4.69) is 10.1 Å². The van der Waals surface area contributed by atoms with Crippen LogP contribution < -0.4 is 5.73 Å². The quantitative estimate of drug-likeness (QED) is 0.767. The molecule has 1 saturated heterocycles. The molecule has 3 N–H and O–H groups in total. The Morgan fingerprint density at radius 3 is 2.96 bits per heavy atom. The second-order valence-corrected chi connectivity index (χ2v) is 6.61. The number of H-pyrrole nitrogens is 1. The molecule has 4 rings (SSSR count). The number of rotatable bonds is 3. The van der Waals surface area contributed by atoms with Crippen LogP contribution in [0.1, 0.15) is 36.8 Å². The predicted molar refractivity (Wildman–Crippen MR) is 95.8 cm³/mol. The summed E-state index contributed by atoms with van der Waals surface area (Å²) in [5, 5.41) is 4.30. The Kier molecular flexibility index (Phi) is 3.91. The number of nitrogens with one attached hydrogen (secondary N) is 1. The van der Waals surface area contributed by atoms with E-state index in [4.69, 9.17) is 10.7 Å². The average Bonchev–Trinajstić information content (AvgIpc) is 3.17. The van der Waals surface area contributed by atoms with Gasteiger partial charge in [-0.25, -0.2) is 9.67 Å². The second-order valence-electron chi connectivity index (χ2n) is 6.61. The third kappa shape index (κ3) is 2.97. The molecule has 1 aromatic carbocycles. The van der Waals surface area contributed by atoms with Crippen molar-refractivity contribution in [2.24, 2.45) is 0 Å². The molecule has 3 aromatic rings. The van der Waals surface area contributed by atoms with E-state index in [1.165, 1.54) is 0 Å². The molecule has 1 fully saturated rings. The summed E-state index contributed by atoms with van der Waals surface area (Å²) in [6.45, 7) is 2.77. The molecule has 25 heavy (non-hydrogen) atoms. The molecule has 130 valence electrons. The summed E-state index contributed by atoms with van der Waals surface area (Å²) < 4.78 is 1.57. The minimum absolute atomic E-state index is 0.0217. The zero-order valence-electron chi connectivity index (χ0n) is 14.3. The third-order valence-electron chi connectivity index (χ3n) is 4.76. The van der Waals surface area contributed by atoms with Gasteiger partial charge in [-0.3, -0.25) is 4.79 Å². The van der Waals surface area contributed by atoms with Crippen molar-refractivity contribution >= 4 is 22.8 Å². The van der Waals surface area contributed by atoms with Crippen LogP contribution in [0, 0.1) is 6.92 Å². The van der Waals surface area contributed by atoms with Gasteiger partial charge in [0.15, 0.2) is 0 Å². The van der Waals surface area contributed by atoms with Gasteiger partial charge < -0.3 is 15.6 Å². The molecule has 2 aromatic heterocycles. The maximum atomic E-state index is 12.9. The highest BCUT2D eigenvalue weighted by Gasteiger charge is 2.30. The zero-order chi connectivity index (χ0) is 17.4. The number of fused-ring (bicyclic) bond motifs is 1. The minimum Gasteiger partial charge on any atom is -0.384 e. The lowest BCUT2D eigenvalue weighted by atomic mass is 10.0. The van der Waals surface area contributed by atoms with Crippen molar-refractivity contribution in [3.05, 3.63) is 41.9 Å². The number of nitrogen functional groups attached to an aromatic ring is 1. The van der Waals surface area contributed by atoms with Crippen molar-refractivity contribution in [3.8, 4) is 0 Å². The number of amides is 1. The highest BCUT2D eigenvalue weighted by atomic mass is 16.2. The largest absolute Gasteiger partial charge is 0.384 e. The van der Waals surface area contributed by atoms with Crippen molar-refractivity contribution in [1.82, 2.24) is 24.6 Å². The van der Waals surface area contributed by atoms with Crippen molar-refractivity contribution in [3.63, 3.8) is 0 Å². The van der Waals surface area contributed by atoms with E-state index in [0.717, 1.165) is 48.4 Å². The van der Waals surface area contributed by atoms with E-state index in [0.29, 0.717) is 5.82 Å². The summed E-state index contributed by atoms with van der Waals surface area (Å²) >= 11 is 0. The lowest BCUT2D eigenvalue weighted by Gasteiger charge is -2.34. The van der Waals surface area contributed by atoms with Crippen LogP contribution in [0.25, 0.3) is 11.0 Å². The molecule has 1 aliphatic rings.